The lowest BCUT2D eigenvalue weighted by Crippen LogP contribution is -2.67. The number of aliphatic hydroxyl groups is 4. The van der Waals surface area contributed by atoms with E-state index in [1.54, 1.807) is 0 Å². The van der Waals surface area contributed by atoms with Gasteiger partial charge in [-0.2, -0.15) is 26.3 Å². The van der Waals surface area contributed by atoms with Crippen LogP contribution < -0.4 is 10.6 Å². The molecule has 21 nitrogen and oxygen atoms in total. The van der Waals surface area contributed by atoms with Crippen molar-refractivity contribution in [2.45, 2.75) is 115 Å². The molecule has 2 aliphatic heterocycles. The summed E-state index contributed by atoms with van der Waals surface area (Å²) in [5.41, 5.74) is 0. The van der Waals surface area contributed by atoms with E-state index >= 15 is 0 Å². The van der Waals surface area contributed by atoms with Crippen LogP contribution >= 0.6 is 0 Å². The van der Waals surface area contributed by atoms with Gasteiger partial charge in [-0.15, -0.1) is 0 Å². The number of nitrogens with one attached hydrogen (secondary N) is 2. The molecular weight excluding hydrogens is 782 g/mol. The van der Waals surface area contributed by atoms with Crippen LogP contribution in [0.25, 0.3) is 0 Å². The maximum atomic E-state index is 12.8. The number of hydrogen-bond donors (Lipinski definition) is 6. The summed E-state index contributed by atoms with van der Waals surface area (Å²) >= 11 is 0. The summed E-state index contributed by atoms with van der Waals surface area (Å²) in [6.45, 7) is 4.83. The first-order chi connectivity index (χ1) is 25.0. The Hall–Kier alpha value is -4.70. The molecule has 0 aromatic rings. The number of aliphatic hydroxyl groups excluding tert-OH is 4. The Bertz CT molecular complexity index is 1370. The Labute approximate surface area is 305 Å². The number of halogens is 6. The van der Waals surface area contributed by atoms with Crippen LogP contribution in [0.4, 0.5) is 26.3 Å². The van der Waals surface area contributed by atoms with Gasteiger partial charge in [0.2, 0.25) is 6.29 Å². The highest BCUT2D eigenvalue weighted by molar-refractivity contribution is 5.83. The zero-order valence-electron chi connectivity index (χ0n) is 29.4. The van der Waals surface area contributed by atoms with E-state index in [1.165, 1.54) is 24.5 Å². The van der Waals surface area contributed by atoms with E-state index in [0.29, 0.717) is 0 Å². The lowest BCUT2D eigenvalue weighted by Gasteiger charge is -2.44. The highest BCUT2D eigenvalue weighted by atomic mass is 19.4. The minimum absolute atomic E-state index is 0.562. The van der Waals surface area contributed by atoms with Crippen molar-refractivity contribution in [3.8, 4) is 0 Å². The quantitative estimate of drug-likeness (QED) is 0.0629. The van der Waals surface area contributed by atoms with E-state index in [9.17, 15) is 80.0 Å². The second kappa shape index (κ2) is 22.0. The summed E-state index contributed by atoms with van der Waals surface area (Å²) in [6.07, 6.45) is -24.2. The Morgan fingerprint density at radius 2 is 1.02 bits per heavy atom. The Morgan fingerprint density at radius 3 is 1.38 bits per heavy atom. The summed E-state index contributed by atoms with van der Waals surface area (Å²) in [5.74, 6) is -9.71. The summed E-state index contributed by atoms with van der Waals surface area (Å²) in [7, 11) is 0. The minimum atomic E-state index is -5.34. The fourth-order valence-corrected chi connectivity index (χ4v) is 4.24. The van der Waals surface area contributed by atoms with Crippen molar-refractivity contribution >= 4 is 47.6 Å². The van der Waals surface area contributed by atoms with Crippen molar-refractivity contribution in [2.24, 2.45) is 0 Å². The van der Waals surface area contributed by atoms with Gasteiger partial charge in [-0.25, -0.2) is 0 Å². The molecule has 10 atom stereocenters. The van der Waals surface area contributed by atoms with Gasteiger partial charge in [-0.3, -0.25) is 38.4 Å². The van der Waals surface area contributed by atoms with E-state index in [4.69, 9.17) is 28.8 Å². The van der Waals surface area contributed by atoms with Crippen molar-refractivity contribution < 1.29 is 118 Å². The Morgan fingerprint density at radius 1 is 0.582 bits per heavy atom. The summed E-state index contributed by atoms with van der Waals surface area (Å²) in [5, 5.41) is 39.6. The van der Waals surface area contributed by atoms with E-state index in [1.807, 2.05) is 0 Å². The third-order valence-corrected chi connectivity index (χ3v) is 6.28. The topological polar surface area (TPSA) is 306 Å². The van der Waals surface area contributed by atoms with Crippen LogP contribution in [0.3, 0.4) is 0 Å². The SMILES string of the molecule is CC(=O)OC(C)=O.CC(=O)OC[C@H]1OC(OC(C)=O)[C@H](NC(=O)C(F)(F)F)[C@@H](OC(C)=O)[C@@H]1OC(C)=O.O=C(N[C@H]1C(O)O[C@H](CO)[C@@H](O)[C@@H]1O)C(F)(F)F. The Kier molecular flexibility index (Phi) is 20.1. The highest BCUT2D eigenvalue weighted by Crippen LogP contribution is 2.29. The number of carbonyl (C=O) groups is 8. The van der Waals surface area contributed by atoms with Crippen molar-refractivity contribution in [1.29, 1.82) is 0 Å². The van der Waals surface area contributed by atoms with Gasteiger partial charge in [0.1, 0.15) is 43.1 Å². The second-order valence-electron chi connectivity index (χ2n) is 10.9. The largest absolute Gasteiger partial charge is 0.471 e. The molecule has 6 N–H and O–H groups in total. The molecule has 0 aliphatic carbocycles. The van der Waals surface area contributed by atoms with Crippen LogP contribution in [0, 0.1) is 0 Å². The fourth-order valence-electron chi connectivity index (χ4n) is 4.24. The molecule has 0 spiro atoms. The number of hydrogen-bond acceptors (Lipinski definition) is 19. The molecule has 2 aliphatic rings. The molecule has 0 radical (unpaired) electrons. The van der Waals surface area contributed by atoms with Gasteiger partial charge >= 0.3 is 60.0 Å². The summed E-state index contributed by atoms with van der Waals surface area (Å²) in [6, 6.07) is -3.76. The first kappa shape index (κ1) is 50.3. The molecule has 0 aromatic heterocycles. The van der Waals surface area contributed by atoms with Crippen LogP contribution in [-0.2, 0) is 71.5 Å². The van der Waals surface area contributed by atoms with Gasteiger partial charge in [-0.05, 0) is 0 Å². The van der Waals surface area contributed by atoms with Gasteiger partial charge in [0.25, 0.3) is 0 Å². The standard InChI is InChI=1S/C16H20F3NO10.C8H12F3NO6.C4H6O3/c1-6(21)26-5-10-12(27-7(2)22)13(28-8(3)23)11(14(30-10)29-9(4)24)20-15(25)16(17,18)19;9-8(10,11)7(17)12-3-5(15)4(14)2(1-13)18-6(3)16;1-3(5)7-4(2)6/h10-14H,5H2,1-4H3,(H,20,25);2-6,13-16H,1H2,(H,12,17);1-2H3/t10-,11-,12-,13-,14?;2-,3-,4-,5-,6?;/m11./s1. The predicted octanol–water partition coefficient (Wildman–Crippen LogP) is -2.69. The third-order valence-electron chi connectivity index (χ3n) is 6.28. The van der Waals surface area contributed by atoms with Crippen LogP contribution in [0.15, 0.2) is 0 Å². The molecule has 2 fully saturated rings. The molecular formula is C28H38F6N2O19. The molecule has 0 saturated carbocycles. The average molecular weight is 821 g/mol. The van der Waals surface area contributed by atoms with E-state index in [0.717, 1.165) is 27.7 Å². The van der Waals surface area contributed by atoms with E-state index in [2.05, 4.69) is 9.47 Å². The fraction of sp³-hybridized carbons (Fsp3) is 0.714. The summed E-state index contributed by atoms with van der Waals surface area (Å²) < 4.78 is 108. The van der Waals surface area contributed by atoms with Gasteiger partial charge in [0.15, 0.2) is 18.5 Å². The molecule has 316 valence electrons. The zero-order valence-corrected chi connectivity index (χ0v) is 29.4. The lowest BCUT2D eigenvalue weighted by molar-refractivity contribution is -0.272. The van der Waals surface area contributed by atoms with Crippen molar-refractivity contribution in [3.05, 3.63) is 0 Å². The second-order valence-corrected chi connectivity index (χ2v) is 10.9. The predicted molar refractivity (Wildman–Crippen MR) is 157 cm³/mol. The first-order valence-electron chi connectivity index (χ1n) is 15.1. The van der Waals surface area contributed by atoms with E-state index < -0.39 is 134 Å². The maximum Gasteiger partial charge on any atom is 0.471 e. The third kappa shape index (κ3) is 18.0. The molecule has 2 unspecified atom stereocenters. The van der Waals surface area contributed by atoms with Crippen LogP contribution in [0.5, 0.6) is 0 Å². The summed E-state index contributed by atoms with van der Waals surface area (Å²) in [4.78, 5) is 87.3. The van der Waals surface area contributed by atoms with Crippen LogP contribution in [-0.4, -0.2) is 155 Å². The van der Waals surface area contributed by atoms with Crippen LogP contribution in [0.2, 0.25) is 0 Å². The van der Waals surface area contributed by atoms with Gasteiger partial charge in [-0.1, -0.05) is 0 Å². The van der Waals surface area contributed by atoms with Gasteiger partial charge in [0, 0.05) is 41.5 Å². The molecule has 0 aromatic carbocycles. The molecule has 27 heteroatoms. The minimum Gasteiger partial charge on any atom is -0.463 e. The number of esters is 6. The van der Waals surface area contributed by atoms with Crippen molar-refractivity contribution in [2.75, 3.05) is 13.2 Å². The molecule has 55 heavy (non-hydrogen) atoms. The number of alkyl halides is 6. The number of rotatable bonds is 8. The molecule has 2 heterocycles. The highest BCUT2D eigenvalue weighted by Gasteiger charge is 2.54. The lowest BCUT2D eigenvalue weighted by atomic mass is 9.96. The zero-order chi connectivity index (χ0) is 43.2. The van der Waals surface area contributed by atoms with Gasteiger partial charge < -0.3 is 64.2 Å². The number of carbonyl (C=O) groups excluding carboxylic acids is 8. The first-order valence-corrected chi connectivity index (χ1v) is 15.1. The molecule has 2 saturated heterocycles. The molecule has 2 amide bonds. The van der Waals surface area contributed by atoms with Crippen molar-refractivity contribution in [3.63, 3.8) is 0 Å². The number of ether oxygens (including phenoxy) is 7. The Balaban J connectivity index is 0.000000978. The molecule has 2 rings (SSSR count). The van der Waals surface area contributed by atoms with Crippen LogP contribution in [0.1, 0.15) is 41.5 Å². The monoisotopic (exact) mass is 820 g/mol. The molecule has 0 bridgehead atoms. The normalized spacial score (nSPS) is 27.5. The van der Waals surface area contributed by atoms with Gasteiger partial charge in [0.05, 0.1) is 6.61 Å². The maximum absolute atomic E-state index is 12.8. The average Bonchev–Trinajstić information content (AvgIpc) is 3.01. The number of amides is 2. The van der Waals surface area contributed by atoms with E-state index in [-0.39, 0.29) is 0 Å². The van der Waals surface area contributed by atoms with Crippen molar-refractivity contribution in [1.82, 2.24) is 10.6 Å². The smallest absolute Gasteiger partial charge is 0.463 e.